The molecule has 2 atom stereocenters. The monoisotopic (exact) mass is 336 g/mol. The van der Waals surface area contributed by atoms with Crippen LogP contribution in [-0.2, 0) is 4.79 Å². The summed E-state index contributed by atoms with van der Waals surface area (Å²) < 4.78 is 0. The number of aliphatic carboxylic acids is 1. The summed E-state index contributed by atoms with van der Waals surface area (Å²) in [6, 6.07) is 0. The lowest BCUT2D eigenvalue weighted by Crippen LogP contribution is -2.21. The molecule has 2 unspecified atom stereocenters. The van der Waals surface area contributed by atoms with Crippen LogP contribution in [0.5, 0.6) is 0 Å². The average Bonchev–Trinajstić information content (AvgIpc) is 3.09. The molecule has 0 aliphatic heterocycles. The smallest absolute Gasteiger partial charge is 0.303 e. The first-order chi connectivity index (χ1) is 11.4. The normalized spacial score (nSPS) is 23.9. The first kappa shape index (κ1) is 21.3. The van der Waals surface area contributed by atoms with Crippen molar-refractivity contribution in [3.05, 3.63) is 12.2 Å². The predicted octanol–water partition coefficient (Wildman–Crippen LogP) is 6.99. The van der Waals surface area contributed by atoms with E-state index in [0.717, 1.165) is 24.7 Å². The second-order valence-electron chi connectivity index (χ2n) is 8.43. The van der Waals surface area contributed by atoms with Crippen molar-refractivity contribution < 1.29 is 9.90 Å². The molecule has 2 heteroatoms. The molecule has 24 heavy (non-hydrogen) atoms. The summed E-state index contributed by atoms with van der Waals surface area (Å²) in [4.78, 5) is 10.2. The zero-order chi connectivity index (χ0) is 18.0. The second-order valence-corrected chi connectivity index (χ2v) is 8.43. The first-order valence-electron chi connectivity index (χ1n) is 10.3. The van der Waals surface area contributed by atoms with Gasteiger partial charge in [0.1, 0.15) is 0 Å². The molecule has 0 saturated heterocycles. The lowest BCUT2D eigenvalue weighted by molar-refractivity contribution is -0.137. The molecule has 0 aromatic carbocycles. The van der Waals surface area contributed by atoms with Crippen LogP contribution in [0.2, 0.25) is 0 Å². The molecule has 2 aliphatic carbocycles. The minimum absolute atomic E-state index is 0.343. The van der Waals surface area contributed by atoms with Crippen molar-refractivity contribution in [1.29, 1.82) is 0 Å². The van der Waals surface area contributed by atoms with E-state index in [2.05, 4.69) is 27.4 Å². The number of carboxylic acids is 1. The second kappa shape index (κ2) is 10.9. The lowest BCUT2D eigenvalue weighted by Gasteiger charge is -2.31. The Morgan fingerprint density at radius 2 is 1.58 bits per heavy atom. The molecule has 0 aromatic rings. The third-order valence-electron chi connectivity index (χ3n) is 6.27. The van der Waals surface area contributed by atoms with Gasteiger partial charge in [0.2, 0.25) is 0 Å². The standard InChI is InChI=1S/C12H24O2.C10H16/c1-2-3-4-5-6-7-8-9-10-11-12(13)14;1-7-8-4-5-9(6-8)10(7,2)3/h2-11H2,1H3,(H,13,14);8-9H,1,4-6H2,2-3H3. The maximum Gasteiger partial charge on any atom is 0.303 e. The van der Waals surface area contributed by atoms with Gasteiger partial charge in [0.05, 0.1) is 0 Å². The van der Waals surface area contributed by atoms with E-state index in [1.165, 1.54) is 69.8 Å². The summed E-state index contributed by atoms with van der Waals surface area (Å²) in [6.45, 7) is 11.1. The third-order valence-corrected chi connectivity index (χ3v) is 6.27. The van der Waals surface area contributed by atoms with Crippen molar-refractivity contribution in [1.82, 2.24) is 0 Å². The quantitative estimate of drug-likeness (QED) is 0.345. The molecule has 2 saturated carbocycles. The fourth-order valence-electron chi connectivity index (χ4n) is 4.33. The molecule has 0 aromatic heterocycles. The van der Waals surface area contributed by atoms with Gasteiger partial charge in [-0.3, -0.25) is 4.79 Å². The molecular weight excluding hydrogens is 296 g/mol. The minimum Gasteiger partial charge on any atom is -0.481 e. The number of rotatable bonds is 10. The first-order valence-corrected chi connectivity index (χ1v) is 10.3. The van der Waals surface area contributed by atoms with Crippen molar-refractivity contribution in [3.8, 4) is 0 Å². The Labute approximate surface area is 150 Å². The van der Waals surface area contributed by atoms with E-state index in [9.17, 15) is 4.79 Å². The van der Waals surface area contributed by atoms with Crippen LogP contribution in [0.25, 0.3) is 0 Å². The molecule has 0 radical (unpaired) electrons. The van der Waals surface area contributed by atoms with E-state index in [1.54, 1.807) is 0 Å². The van der Waals surface area contributed by atoms with Crippen molar-refractivity contribution >= 4 is 5.97 Å². The van der Waals surface area contributed by atoms with Gasteiger partial charge in [-0.05, 0) is 42.9 Å². The van der Waals surface area contributed by atoms with Gasteiger partial charge in [-0.15, -0.1) is 0 Å². The summed E-state index contributed by atoms with van der Waals surface area (Å²) >= 11 is 0. The Balaban J connectivity index is 0.000000250. The summed E-state index contributed by atoms with van der Waals surface area (Å²) in [6.07, 6.45) is 15.8. The summed E-state index contributed by atoms with van der Waals surface area (Å²) in [5.41, 5.74) is 2.01. The molecule has 2 rings (SSSR count). The number of carbonyl (C=O) groups is 1. The highest BCUT2D eigenvalue weighted by atomic mass is 16.4. The SMILES string of the molecule is C=C1C2CCC(C2)C1(C)C.CCCCCCCCCCCC(=O)O. The number of hydrogen-bond donors (Lipinski definition) is 1. The molecular formula is C22H40O2. The Morgan fingerprint density at radius 3 is 1.96 bits per heavy atom. The van der Waals surface area contributed by atoms with Crippen molar-refractivity contribution in [3.63, 3.8) is 0 Å². The average molecular weight is 337 g/mol. The van der Waals surface area contributed by atoms with E-state index in [1.807, 2.05) is 0 Å². The van der Waals surface area contributed by atoms with E-state index >= 15 is 0 Å². The van der Waals surface area contributed by atoms with Crippen molar-refractivity contribution in [2.75, 3.05) is 0 Å². The van der Waals surface area contributed by atoms with Crippen LogP contribution in [-0.4, -0.2) is 11.1 Å². The van der Waals surface area contributed by atoms with Crippen molar-refractivity contribution in [2.45, 2.75) is 104 Å². The van der Waals surface area contributed by atoms with Gasteiger partial charge in [0, 0.05) is 6.42 Å². The molecule has 0 amide bonds. The summed E-state index contributed by atoms with van der Waals surface area (Å²) in [5.74, 6) is 1.19. The molecule has 2 aliphatic rings. The highest BCUT2D eigenvalue weighted by Gasteiger charge is 2.47. The van der Waals surface area contributed by atoms with Gasteiger partial charge >= 0.3 is 5.97 Å². The Kier molecular flexibility index (Phi) is 9.69. The van der Waals surface area contributed by atoms with E-state index in [4.69, 9.17) is 5.11 Å². The Morgan fingerprint density at radius 1 is 1.04 bits per heavy atom. The van der Waals surface area contributed by atoms with Crippen LogP contribution in [0.4, 0.5) is 0 Å². The molecule has 0 spiro atoms. The van der Waals surface area contributed by atoms with Gasteiger partial charge in [-0.25, -0.2) is 0 Å². The van der Waals surface area contributed by atoms with Crippen molar-refractivity contribution in [2.24, 2.45) is 17.3 Å². The zero-order valence-electron chi connectivity index (χ0n) is 16.4. The Hall–Kier alpha value is -0.790. The minimum atomic E-state index is -0.659. The molecule has 1 N–H and O–H groups in total. The lowest BCUT2D eigenvalue weighted by atomic mass is 9.73. The van der Waals surface area contributed by atoms with E-state index in [-0.39, 0.29) is 0 Å². The van der Waals surface area contributed by atoms with Gasteiger partial charge < -0.3 is 5.11 Å². The molecule has 0 heterocycles. The number of fused-ring (bicyclic) bond motifs is 2. The fraction of sp³-hybridized carbons (Fsp3) is 0.864. The maximum absolute atomic E-state index is 10.2. The highest BCUT2D eigenvalue weighted by molar-refractivity contribution is 5.66. The van der Waals surface area contributed by atoms with Crippen LogP contribution >= 0.6 is 0 Å². The zero-order valence-corrected chi connectivity index (χ0v) is 16.4. The number of unbranched alkanes of at least 4 members (excludes halogenated alkanes) is 8. The highest BCUT2D eigenvalue weighted by Crippen LogP contribution is 2.58. The topological polar surface area (TPSA) is 37.3 Å². The Bertz CT molecular complexity index is 383. The van der Waals surface area contributed by atoms with Gasteiger partial charge in [0.15, 0.2) is 0 Å². The largest absolute Gasteiger partial charge is 0.481 e. The van der Waals surface area contributed by atoms with Crippen LogP contribution in [0.1, 0.15) is 104 Å². The van der Waals surface area contributed by atoms with Gasteiger partial charge in [0.25, 0.3) is 0 Å². The van der Waals surface area contributed by atoms with Gasteiger partial charge in [-0.1, -0.05) is 84.3 Å². The number of allylic oxidation sites excluding steroid dienone is 1. The van der Waals surface area contributed by atoms with Gasteiger partial charge in [-0.2, -0.15) is 0 Å². The molecule has 140 valence electrons. The van der Waals surface area contributed by atoms with E-state index in [0.29, 0.717) is 11.8 Å². The van der Waals surface area contributed by atoms with Crippen LogP contribution in [0, 0.1) is 17.3 Å². The molecule has 2 bridgehead atoms. The fourth-order valence-corrected chi connectivity index (χ4v) is 4.33. The molecule has 2 fully saturated rings. The summed E-state index contributed by atoms with van der Waals surface area (Å²) in [5, 5.41) is 8.41. The molecule has 2 nitrogen and oxygen atoms in total. The maximum atomic E-state index is 10.2. The van der Waals surface area contributed by atoms with E-state index < -0.39 is 5.97 Å². The number of hydrogen-bond acceptors (Lipinski definition) is 1. The summed E-state index contributed by atoms with van der Waals surface area (Å²) in [7, 11) is 0. The third kappa shape index (κ3) is 6.99. The predicted molar refractivity (Wildman–Crippen MR) is 103 cm³/mol. The van der Waals surface area contributed by atoms with Crippen LogP contribution in [0.15, 0.2) is 12.2 Å². The van der Waals surface area contributed by atoms with Crippen LogP contribution in [0.3, 0.4) is 0 Å². The van der Waals surface area contributed by atoms with Crippen LogP contribution < -0.4 is 0 Å². The number of carboxylic acid groups (broad SMARTS) is 1.